The minimum absolute atomic E-state index is 0.0734. The second kappa shape index (κ2) is 5.29. The largest absolute Gasteiger partial charge is 0.399 e. The van der Waals surface area contributed by atoms with Crippen LogP contribution in [0.1, 0.15) is 24.4 Å². The summed E-state index contributed by atoms with van der Waals surface area (Å²) in [5.74, 6) is 0.786. The van der Waals surface area contributed by atoms with E-state index in [0.29, 0.717) is 6.42 Å². The van der Waals surface area contributed by atoms with Gasteiger partial charge in [0.1, 0.15) is 5.82 Å². The minimum atomic E-state index is 0.0734. The lowest BCUT2D eigenvalue weighted by Gasteiger charge is -2.18. The number of hydrogen-bond donors (Lipinski definition) is 1. The molecule has 2 aromatic carbocycles. The van der Waals surface area contributed by atoms with Crippen LogP contribution in [0, 0.1) is 11.3 Å². The van der Waals surface area contributed by atoms with E-state index in [1.165, 1.54) is 0 Å². The normalized spacial score (nSPS) is 12.2. The first-order chi connectivity index (χ1) is 10.2. The highest BCUT2D eigenvalue weighted by atomic mass is 15.1. The molecule has 104 valence electrons. The molecule has 0 saturated carbocycles. The number of nitriles is 1. The number of nitrogen functional groups attached to an aromatic ring is 1. The zero-order valence-corrected chi connectivity index (χ0v) is 11.8. The molecule has 21 heavy (non-hydrogen) atoms. The van der Waals surface area contributed by atoms with Crippen molar-refractivity contribution in [1.82, 2.24) is 9.55 Å². The van der Waals surface area contributed by atoms with Crippen molar-refractivity contribution in [2.24, 2.45) is 0 Å². The third-order valence-corrected chi connectivity index (χ3v) is 3.69. The number of hydrogen-bond acceptors (Lipinski definition) is 3. The van der Waals surface area contributed by atoms with Crippen LogP contribution in [0.15, 0.2) is 48.5 Å². The fourth-order valence-electron chi connectivity index (χ4n) is 2.69. The Hall–Kier alpha value is -2.80. The van der Waals surface area contributed by atoms with Crippen LogP contribution in [0.4, 0.5) is 5.69 Å². The van der Waals surface area contributed by atoms with Crippen molar-refractivity contribution in [3.05, 3.63) is 59.9 Å². The van der Waals surface area contributed by atoms with Gasteiger partial charge in [0.05, 0.1) is 29.6 Å². The zero-order valence-electron chi connectivity index (χ0n) is 11.8. The molecule has 1 unspecified atom stereocenters. The Morgan fingerprint density at radius 1 is 1.24 bits per heavy atom. The van der Waals surface area contributed by atoms with Gasteiger partial charge >= 0.3 is 0 Å². The summed E-state index contributed by atoms with van der Waals surface area (Å²) < 4.78 is 2.12. The van der Waals surface area contributed by atoms with Crippen molar-refractivity contribution in [2.45, 2.75) is 19.4 Å². The van der Waals surface area contributed by atoms with E-state index >= 15 is 0 Å². The van der Waals surface area contributed by atoms with Gasteiger partial charge in [-0.15, -0.1) is 0 Å². The Labute approximate surface area is 123 Å². The van der Waals surface area contributed by atoms with E-state index in [0.717, 1.165) is 28.1 Å². The molecule has 0 radical (unpaired) electrons. The second-order valence-electron chi connectivity index (χ2n) is 5.07. The third-order valence-electron chi connectivity index (χ3n) is 3.69. The van der Waals surface area contributed by atoms with Gasteiger partial charge in [0.25, 0.3) is 0 Å². The highest BCUT2D eigenvalue weighted by Gasteiger charge is 2.16. The molecule has 0 amide bonds. The maximum Gasteiger partial charge on any atom is 0.124 e. The Balaban J connectivity index is 2.18. The number of para-hydroxylation sites is 2. The van der Waals surface area contributed by atoms with Gasteiger partial charge in [-0.1, -0.05) is 24.3 Å². The molecule has 0 aliphatic rings. The summed E-state index contributed by atoms with van der Waals surface area (Å²) in [4.78, 5) is 4.58. The summed E-state index contributed by atoms with van der Waals surface area (Å²) in [5, 5.41) is 9.04. The summed E-state index contributed by atoms with van der Waals surface area (Å²) in [6, 6.07) is 18.1. The molecule has 0 spiro atoms. The average molecular weight is 276 g/mol. The van der Waals surface area contributed by atoms with Crippen molar-refractivity contribution in [1.29, 1.82) is 5.26 Å². The number of anilines is 1. The topological polar surface area (TPSA) is 67.6 Å². The predicted octanol–water partition coefficient (Wildman–Crippen LogP) is 3.29. The van der Waals surface area contributed by atoms with Gasteiger partial charge in [-0.25, -0.2) is 4.98 Å². The fraction of sp³-hybridized carbons (Fsp3) is 0.176. The summed E-state index contributed by atoms with van der Waals surface area (Å²) in [6.45, 7) is 2.10. The Morgan fingerprint density at radius 3 is 2.81 bits per heavy atom. The molecule has 3 rings (SSSR count). The van der Waals surface area contributed by atoms with Crippen molar-refractivity contribution in [2.75, 3.05) is 5.73 Å². The van der Waals surface area contributed by atoms with Gasteiger partial charge in [0, 0.05) is 5.69 Å². The molecule has 3 aromatic rings. The zero-order chi connectivity index (χ0) is 14.8. The smallest absolute Gasteiger partial charge is 0.124 e. The average Bonchev–Trinajstić information content (AvgIpc) is 2.85. The van der Waals surface area contributed by atoms with Gasteiger partial charge in [0.15, 0.2) is 0 Å². The summed E-state index contributed by atoms with van der Waals surface area (Å²) in [5.41, 5.74) is 9.69. The first-order valence-corrected chi connectivity index (χ1v) is 6.89. The number of aromatic nitrogens is 2. The fourth-order valence-corrected chi connectivity index (χ4v) is 2.69. The SMILES string of the molecule is CC(c1cccc(N)c1)n1c(CC#N)nc2ccccc21. The third kappa shape index (κ3) is 2.34. The van der Waals surface area contributed by atoms with Crippen molar-refractivity contribution in [3.63, 3.8) is 0 Å². The Bertz CT molecular complexity index is 826. The van der Waals surface area contributed by atoms with Gasteiger partial charge in [0.2, 0.25) is 0 Å². The van der Waals surface area contributed by atoms with E-state index in [1.807, 2.05) is 48.5 Å². The molecular formula is C17H16N4. The van der Waals surface area contributed by atoms with Crippen molar-refractivity contribution >= 4 is 16.7 Å². The van der Waals surface area contributed by atoms with Crippen LogP contribution in [0.25, 0.3) is 11.0 Å². The summed E-state index contributed by atoms with van der Waals surface area (Å²) in [6.07, 6.45) is 0.293. The first-order valence-electron chi connectivity index (χ1n) is 6.89. The summed E-state index contributed by atoms with van der Waals surface area (Å²) >= 11 is 0. The van der Waals surface area contributed by atoms with Crippen LogP contribution in [-0.4, -0.2) is 9.55 Å². The highest BCUT2D eigenvalue weighted by molar-refractivity contribution is 5.76. The van der Waals surface area contributed by atoms with Gasteiger partial charge in [-0.2, -0.15) is 5.26 Å². The van der Waals surface area contributed by atoms with E-state index < -0.39 is 0 Å². The molecule has 0 aliphatic heterocycles. The van der Waals surface area contributed by atoms with Crippen LogP contribution in [0.3, 0.4) is 0 Å². The van der Waals surface area contributed by atoms with Gasteiger partial charge in [-0.3, -0.25) is 0 Å². The van der Waals surface area contributed by atoms with E-state index in [1.54, 1.807) is 0 Å². The minimum Gasteiger partial charge on any atom is -0.399 e. The van der Waals surface area contributed by atoms with E-state index in [2.05, 4.69) is 22.5 Å². The second-order valence-corrected chi connectivity index (χ2v) is 5.07. The summed E-state index contributed by atoms with van der Waals surface area (Å²) in [7, 11) is 0. The first kappa shape index (κ1) is 13.2. The van der Waals surface area contributed by atoms with E-state index in [9.17, 15) is 0 Å². The lowest BCUT2D eigenvalue weighted by atomic mass is 10.1. The molecule has 0 fully saturated rings. The molecule has 0 aliphatic carbocycles. The van der Waals surface area contributed by atoms with E-state index in [-0.39, 0.29) is 6.04 Å². The molecule has 0 bridgehead atoms. The molecule has 1 atom stereocenters. The van der Waals surface area contributed by atoms with Crippen LogP contribution in [0.5, 0.6) is 0 Å². The lowest BCUT2D eigenvalue weighted by molar-refractivity contribution is 0.630. The van der Waals surface area contributed by atoms with Crippen LogP contribution in [0.2, 0.25) is 0 Å². The standard InChI is InChI=1S/C17H16N4/c1-12(13-5-4-6-14(19)11-13)21-16-8-3-2-7-15(16)20-17(21)9-10-18/h2-8,11-12H,9,19H2,1H3. The molecule has 1 heterocycles. The number of fused-ring (bicyclic) bond motifs is 1. The maximum atomic E-state index is 9.04. The number of imidazole rings is 1. The number of nitrogens with two attached hydrogens (primary N) is 1. The molecule has 4 heteroatoms. The highest BCUT2D eigenvalue weighted by Crippen LogP contribution is 2.27. The predicted molar refractivity (Wildman–Crippen MR) is 83.7 cm³/mol. The van der Waals surface area contributed by atoms with E-state index in [4.69, 9.17) is 11.0 Å². The van der Waals surface area contributed by atoms with Gasteiger partial charge < -0.3 is 10.3 Å². The molecular weight excluding hydrogens is 260 g/mol. The van der Waals surface area contributed by atoms with Crippen molar-refractivity contribution < 1.29 is 0 Å². The molecule has 0 saturated heterocycles. The van der Waals surface area contributed by atoms with Crippen LogP contribution < -0.4 is 5.73 Å². The monoisotopic (exact) mass is 276 g/mol. The Morgan fingerprint density at radius 2 is 2.05 bits per heavy atom. The van der Waals surface area contributed by atoms with Gasteiger partial charge in [-0.05, 0) is 36.8 Å². The number of nitrogens with zero attached hydrogens (tertiary/aromatic N) is 3. The quantitative estimate of drug-likeness (QED) is 0.746. The lowest BCUT2D eigenvalue weighted by Crippen LogP contribution is -2.10. The number of benzene rings is 2. The number of rotatable bonds is 3. The molecule has 4 nitrogen and oxygen atoms in total. The molecule has 1 aromatic heterocycles. The van der Waals surface area contributed by atoms with Crippen LogP contribution >= 0.6 is 0 Å². The van der Waals surface area contributed by atoms with Crippen LogP contribution in [-0.2, 0) is 6.42 Å². The maximum absolute atomic E-state index is 9.04. The van der Waals surface area contributed by atoms with Crippen molar-refractivity contribution in [3.8, 4) is 6.07 Å². The molecule has 2 N–H and O–H groups in total. The Kier molecular flexibility index (Phi) is 3.33.